The molecule has 0 heterocycles. The standard InChI is InChI=1S/C18H21N3O5S/c1-20(2)27(24,25)21(3)16-10-8-13(9-11-16)17(22)19-15-7-5-6-14(12-15)18(23)26-4/h5-12H,1-4H3,(H,19,22). The third-order valence-corrected chi connectivity index (χ3v) is 5.67. The average molecular weight is 391 g/mol. The van der Waals surface area contributed by atoms with Gasteiger partial charge in [-0.05, 0) is 42.5 Å². The maximum atomic E-state index is 12.4. The third kappa shape index (κ3) is 4.63. The molecule has 27 heavy (non-hydrogen) atoms. The van der Waals surface area contributed by atoms with Gasteiger partial charge in [0.2, 0.25) is 0 Å². The van der Waals surface area contributed by atoms with E-state index >= 15 is 0 Å². The van der Waals surface area contributed by atoms with E-state index in [0.717, 1.165) is 8.61 Å². The Bertz CT molecular complexity index is 940. The summed E-state index contributed by atoms with van der Waals surface area (Å²) in [6.07, 6.45) is 0. The van der Waals surface area contributed by atoms with E-state index < -0.39 is 16.2 Å². The van der Waals surface area contributed by atoms with Crippen LogP contribution in [-0.4, -0.2) is 52.9 Å². The first-order valence-electron chi connectivity index (χ1n) is 7.93. The molecular weight excluding hydrogens is 370 g/mol. The van der Waals surface area contributed by atoms with Crippen molar-refractivity contribution in [3.05, 3.63) is 59.7 Å². The first-order chi connectivity index (χ1) is 12.7. The number of hydrogen-bond acceptors (Lipinski definition) is 5. The number of rotatable bonds is 6. The Morgan fingerprint density at radius 2 is 1.59 bits per heavy atom. The van der Waals surface area contributed by atoms with Gasteiger partial charge in [0.25, 0.3) is 5.91 Å². The number of carbonyl (C=O) groups is 2. The van der Waals surface area contributed by atoms with Gasteiger partial charge in [0, 0.05) is 32.4 Å². The average Bonchev–Trinajstić information content (AvgIpc) is 2.66. The lowest BCUT2D eigenvalue weighted by atomic mass is 10.1. The summed E-state index contributed by atoms with van der Waals surface area (Å²) in [6.45, 7) is 0. The van der Waals surface area contributed by atoms with Crippen molar-refractivity contribution in [2.24, 2.45) is 0 Å². The maximum Gasteiger partial charge on any atom is 0.337 e. The lowest BCUT2D eigenvalue weighted by Crippen LogP contribution is -2.37. The molecule has 0 atom stereocenters. The molecule has 0 unspecified atom stereocenters. The quantitative estimate of drug-likeness (QED) is 0.760. The number of hydrogen-bond donors (Lipinski definition) is 1. The lowest BCUT2D eigenvalue weighted by molar-refractivity contribution is 0.0600. The van der Waals surface area contributed by atoms with Gasteiger partial charge in [-0.3, -0.25) is 9.10 Å². The fourth-order valence-corrected chi connectivity index (χ4v) is 3.12. The van der Waals surface area contributed by atoms with Gasteiger partial charge in [0.15, 0.2) is 0 Å². The Hall–Kier alpha value is -2.91. The number of methoxy groups -OCH3 is 1. The van der Waals surface area contributed by atoms with Crippen molar-refractivity contribution in [3.8, 4) is 0 Å². The first kappa shape index (κ1) is 20.4. The van der Waals surface area contributed by atoms with Crippen molar-refractivity contribution in [2.75, 3.05) is 37.9 Å². The highest BCUT2D eigenvalue weighted by molar-refractivity contribution is 7.90. The van der Waals surface area contributed by atoms with Crippen LogP contribution >= 0.6 is 0 Å². The van der Waals surface area contributed by atoms with Crippen LogP contribution in [-0.2, 0) is 14.9 Å². The number of carbonyl (C=O) groups excluding carboxylic acids is 2. The van der Waals surface area contributed by atoms with E-state index in [4.69, 9.17) is 0 Å². The summed E-state index contributed by atoms with van der Waals surface area (Å²) in [7, 11) is 1.99. The molecule has 8 nitrogen and oxygen atoms in total. The molecule has 1 amide bonds. The summed E-state index contributed by atoms with van der Waals surface area (Å²) in [5.41, 5.74) is 1.53. The largest absolute Gasteiger partial charge is 0.465 e. The van der Waals surface area contributed by atoms with Crippen molar-refractivity contribution < 1.29 is 22.7 Å². The van der Waals surface area contributed by atoms with Gasteiger partial charge >= 0.3 is 16.2 Å². The Labute approximate surface area is 158 Å². The molecule has 0 aromatic heterocycles. The van der Waals surface area contributed by atoms with E-state index in [-0.39, 0.29) is 5.91 Å². The highest BCUT2D eigenvalue weighted by atomic mass is 32.2. The second-order valence-electron chi connectivity index (χ2n) is 5.83. The Kier molecular flexibility index (Phi) is 6.19. The Morgan fingerprint density at radius 3 is 2.15 bits per heavy atom. The summed E-state index contributed by atoms with van der Waals surface area (Å²) in [6, 6.07) is 12.5. The molecule has 9 heteroatoms. The number of esters is 1. The summed E-state index contributed by atoms with van der Waals surface area (Å²) >= 11 is 0. The second kappa shape index (κ2) is 8.19. The summed E-state index contributed by atoms with van der Waals surface area (Å²) < 4.78 is 31.1. The zero-order chi connectivity index (χ0) is 20.2. The number of anilines is 2. The van der Waals surface area contributed by atoms with E-state index in [2.05, 4.69) is 10.1 Å². The molecule has 2 aromatic carbocycles. The molecule has 0 bridgehead atoms. The molecule has 0 fully saturated rings. The van der Waals surface area contributed by atoms with Crippen LogP contribution in [0.2, 0.25) is 0 Å². The smallest absolute Gasteiger partial charge is 0.337 e. The summed E-state index contributed by atoms with van der Waals surface area (Å²) in [4.78, 5) is 23.9. The van der Waals surface area contributed by atoms with Crippen LogP contribution in [0.4, 0.5) is 11.4 Å². The van der Waals surface area contributed by atoms with Crippen molar-refractivity contribution in [1.29, 1.82) is 0 Å². The number of amides is 1. The molecular formula is C18H21N3O5S. The Balaban J connectivity index is 2.16. The van der Waals surface area contributed by atoms with E-state index in [1.807, 2.05) is 0 Å². The van der Waals surface area contributed by atoms with Crippen LogP contribution < -0.4 is 9.62 Å². The van der Waals surface area contributed by atoms with Crippen LogP contribution in [0.1, 0.15) is 20.7 Å². The molecule has 1 N–H and O–H groups in total. The summed E-state index contributed by atoms with van der Waals surface area (Å²) in [5, 5.41) is 2.69. The molecule has 0 radical (unpaired) electrons. The van der Waals surface area contributed by atoms with Crippen molar-refractivity contribution in [2.45, 2.75) is 0 Å². The topological polar surface area (TPSA) is 96.0 Å². The molecule has 0 aliphatic rings. The minimum Gasteiger partial charge on any atom is -0.465 e. The monoisotopic (exact) mass is 391 g/mol. The zero-order valence-corrected chi connectivity index (χ0v) is 16.3. The molecule has 0 saturated heterocycles. The highest BCUT2D eigenvalue weighted by Crippen LogP contribution is 2.19. The van der Waals surface area contributed by atoms with Crippen molar-refractivity contribution >= 4 is 33.5 Å². The highest BCUT2D eigenvalue weighted by Gasteiger charge is 2.21. The SMILES string of the molecule is COC(=O)c1cccc(NC(=O)c2ccc(N(C)S(=O)(=O)N(C)C)cc2)c1. The maximum absolute atomic E-state index is 12.4. The van der Waals surface area contributed by atoms with Crippen molar-refractivity contribution in [3.63, 3.8) is 0 Å². The normalized spacial score (nSPS) is 11.1. The minimum absolute atomic E-state index is 0.321. The van der Waals surface area contributed by atoms with Gasteiger partial charge in [-0.15, -0.1) is 0 Å². The second-order valence-corrected chi connectivity index (χ2v) is 8.00. The van der Waals surface area contributed by atoms with E-state index in [1.165, 1.54) is 46.5 Å². The molecule has 0 aliphatic heterocycles. The van der Waals surface area contributed by atoms with Gasteiger partial charge in [0.05, 0.1) is 18.4 Å². The number of benzene rings is 2. The predicted octanol–water partition coefficient (Wildman–Crippen LogP) is 1.97. The number of nitrogens with one attached hydrogen (secondary N) is 1. The number of nitrogens with zero attached hydrogens (tertiary/aromatic N) is 2. The van der Waals surface area contributed by atoms with Gasteiger partial charge in [-0.2, -0.15) is 12.7 Å². The van der Waals surface area contributed by atoms with E-state index in [9.17, 15) is 18.0 Å². The first-order valence-corrected chi connectivity index (χ1v) is 9.32. The van der Waals surface area contributed by atoms with Gasteiger partial charge in [-0.25, -0.2) is 4.79 Å². The van der Waals surface area contributed by atoms with E-state index in [1.54, 1.807) is 30.3 Å². The van der Waals surface area contributed by atoms with Crippen molar-refractivity contribution in [1.82, 2.24) is 4.31 Å². The van der Waals surface area contributed by atoms with Crippen LogP contribution in [0.15, 0.2) is 48.5 Å². The molecule has 0 spiro atoms. The minimum atomic E-state index is -3.60. The van der Waals surface area contributed by atoms with Crippen LogP contribution in [0.5, 0.6) is 0 Å². The van der Waals surface area contributed by atoms with Gasteiger partial charge in [-0.1, -0.05) is 6.07 Å². The van der Waals surface area contributed by atoms with E-state index in [0.29, 0.717) is 22.5 Å². The van der Waals surface area contributed by atoms with Crippen LogP contribution in [0, 0.1) is 0 Å². The lowest BCUT2D eigenvalue weighted by Gasteiger charge is -2.23. The molecule has 144 valence electrons. The van der Waals surface area contributed by atoms with Gasteiger partial charge < -0.3 is 10.1 Å². The molecule has 0 aliphatic carbocycles. The van der Waals surface area contributed by atoms with Crippen LogP contribution in [0.25, 0.3) is 0 Å². The third-order valence-electron chi connectivity index (χ3n) is 3.84. The fraction of sp³-hybridized carbons (Fsp3) is 0.222. The van der Waals surface area contributed by atoms with Gasteiger partial charge in [0.1, 0.15) is 0 Å². The zero-order valence-electron chi connectivity index (χ0n) is 15.5. The fourth-order valence-electron chi connectivity index (χ4n) is 2.25. The summed E-state index contributed by atoms with van der Waals surface area (Å²) in [5.74, 6) is -0.887. The number of ether oxygens (including phenoxy) is 1. The Morgan fingerprint density at radius 1 is 0.963 bits per heavy atom. The molecule has 2 aromatic rings. The molecule has 0 saturated carbocycles. The molecule has 2 rings (SSSR count). The van der Waals surface area contributed by atoms with Crippen LogP contribution in [0.3, 0.4) is 0 Å². The predicted molar refractivity (Wildman–Crippen MR) is 103 cm³/mol.